The number of nitro benzene ring substituents is 1. The zero-order valence-corrected chi connectivity index (χ0v) is 17.0. The van der Waals surface area contributed by atoms with Gasteiger partial charge in [-0.1, -0.05) is 6.42 Å². The third-order valence-corrected chi connectivity index (χ3v) is 5.97. The molecular weight excluding hydrogens is 396 g/mol. The van der Waals surface area contributed by atoms with Gasteiger partial charge in [-0.25, -0.2) is 4.79 Å². The van der Waals surface area contributed by atoms with E-state index in [9.17, 15) is 19.7 Å². The number of aryl methyl sites for hydroxylation is 2. The summed E-state index contributed by atoms with van der Waals surface area (Å²) < 4.78 is 10.4. The molecule has 9 heteroatoms. The van der Waals surface area contributed by atoms with Gasteiger partial charge >= 0.3 is 5.97 Å². The molecule has 29 heavy (non-hydrogen) atoms. The second kappa shape index (κ2) is 9.04. The van der Waals surface area contributed by atoms with Crippen LogP contribution < -0.4 is 10.1 Å². The summed E-state index contributed by atoms with van der Waals surface area (Å²) in [7, 11) is 1.35. The predicted octanol–water partition coefficient (Wildman–Crippen LogP) is 4.12. The highest BCUT2D eigenvalue weighted by atomic mass is 32.1. The normalized spacial score (nSPS) is 14.3. The molecule has 1 aliphatic rings. The first-order valence-electron chi connectivity index (χ1n) is 9.35. The topological polar surface area (TPSA) is 108 Å². The van der Waals surface area contributed by atoms with Crippen LogP contribution in [-0.4, -0.2) is 30.0 Å². The minimum Gasteiger partial charge on any atom is -0.494 e. The Hall–Kier alpha value is -2.94. The van der Waals surface area contributed by atoms with Gasteiger partial charge in [-0.05, 0) is 50.3 Å². The highest BCUT2D eigenvalue weighted by Crippen LogP contribution is 2.31. The Morgan fingerprint density at radius 2 is 1.97 bits per heavy atom. The fraction of sp³-hybridized carbons (Fsp3) is 0.400. The number of anilines is 1. The highest BCUT2D eigenvalue weighted by Gasteiger charge is 2.23. The van der Waals surface area contributed by atoms with Crippen LogP contribution in [0, 0.1) is 10.1 Å². The summed E-state index contributed by atoms with van der Waals surface area (Å²) in [5.74, 6) is -0.932. The van der Waals surface area contributed by atoms with Crippen molar-refractivity contribution in [2.75, 3.05) is 12.4 Å². The van der Waals surface area contributed by atoms with E-state index >= 15 is 0 Å². The number of fused-ring (bicyclic) bond motifs is 1. The Morgan fingerprint density at radius 1 is 1.21 bits per heavy atom. The lowest BCUT2D eigenvalue weighted by atomic mass is 10.1. The van der Waals surface area contributed by atoms with Crippen molar-refractivity contribution in [3.63, 3.8) is 0 Å². The first kappa shape index (κ1) is 20.8. The molecule has 1 aromatic carbocycles. The van der Waals surface area contributed by atoms with Crippen LogP contribution >= 0.6 is 11.3 Å². The highest BCUT2D eigenvalue weighted by molar-refractivity contribution is 7.14. The third-order valence-electron chi connectivity index (χ3n) is 4.75. The molecule has 1 amide bonds. The van der Waals surface area contributed by atoms with Gasteiger partial charge < -0.3 is 14.8 Å². The van der Waals surface area contributed by atoms with Gasteiger partial charge in [0.05, 0.1) is 23.8 Å². The number of carbonyl (C=O) groups is 2. The Balaban J connectivity index is 1.65. The van der Waals surface area contributed by atoms with Crippen molar-refractivity contribution in [3.05, 3.63) is 49.7 Å². The maximum atomic E-state index is 12.5. The van der Waals surface area contributed by atoms with Crippen LogP contribution in [0.1, 0.15) is 46.3 Å². The molecule has 0 fully saturated rings. The van der Waals surface area contributed by atoms with Crippen molar-refractivity contribution in [1.82, 2.24) is 0 Å². The number of non-ortho nitro benzene ring substituents is 1. The predicted molar refractivity (Wildman–Crippen MR) is 109 cm³/mol. The Labute approximate surface area is 172 Å². The molecule has 1 aliphatic carbocycles. The van der Waals surface area contributed by atoms with Crippen molar-refractivity contribution < 1.29 is 24.0 Å². The van der Waals surface area contributed by atoms with Gasteiger partial charge in [0.2, 0.25) is 0 Å². The van der Waals surface area contributed by atoms with E-state index in [1.807, 2.05) is 6.07 Å². The van der Waals surface area contributed by atoms with Crippen LogP contribution in [0.5, 0.6) is 5.75 Å². The summed E-state index contributed by atoms with van der Waals surface area (Å²) >= 11 is 1.43. The van der Waals surface area contributed by atoms with Crippen LogP contribution in [-0.2, 0) is 22.4 Å². The van der Waals surface area contributed by atoms with Crippen LogP contribution in [0.2, 0.25) is 0 Å². The molecule has 154 valence electrons. The summed E-state index contributed by atoms with van der Waals surface area (Å²) in [6.45, 7) is 1.48. The molecule has 1 heterocycles. The van der Waals surface area contributed by atoms with E-state index < -0.39 is 22.9 Å². The summed E-state index contributed by atoms with van der Waals surface area (Å²) in [6, 6.07) is 5.72. The molecule has 1 N–H and O–H groups in total. The van der Waals surface area contributed by atoms with E-state index in [1.54, 1.807) is 0 Å². The van der Waals surface area contributed by atoms with Gasteiger partial charge in [0.1, 0.15) is 10.6 Å². The maximum absolute atomic E-state index is 12.5. The SMILES string of the molecule is COc1cc([N+](=O)[O-])ccc1NC(=O)[C@H](C)OC(=O)c1cc2c(s1)CCCCC2. The maximum Gasteiger partial charge on any atom is 0.349 e. The van der Waals surface area contributed by atoms with Gasteiger partial charge in [-0.2, -0.15) is 0 Å². The van der Waals surface area contributed by atoms with Crippen LogP contribution in [0.15, 0.2) is 24.3 Å². The third kappa shape index (κ3) is 4.92. The van der Waals surface area contributed by atoms with Crippen molar-refractivity contribution in [2.24, 2.45) is 0 Å². The lowest BCUT2D eigenvalue weighted by Gasteiger charge is -2.14. The molecular formula is C20H22N2O6S. The van der Waals surface area contributed by atoms with Gasteiger partial charge in [0, 0.05) is 10.9 Å². The van der Waals surface area contributed by atoms with Crippen LogP contribution in [0.25, 0.3) is 0 Å². The molecule has 0 unspecified atom stereocenters. The monoisotopic (exact) mass is 418 g/mol. The number of carbonyl (C=O) groups excluding carboxylic acids is 2. The number of ether oxygens (including phenoxy) is 2. The summed E-state index contributed by atoms with van der Waals surface area (Å²) in [5, 5.41) is 13.4. The number of benzene rings is 1. The number of nitro groups is 1. The standard InChI is InChI=1S/C20H22N2O6S/c1-12(19(23)21-15-9-8-14(22(25)26)11-16(15)27-2)28-20(24)18-10-13-6-4-3-5-7-17(13)29-18/h8-12H,3-7H2,1-2H3,(H,21,23)/t12-/m0/s1. The first-order chi connectivity index (χ1) is 13.9. The minimum atomic E-state index is -1.04. The second-order valence-electron chi connectivity index (χ2n) is 6.80. The zero-order chi connectivity index (χ0) is 21.0. The van der Waals surface area contributed by atoms with E-state index in [4.69, 9.17) is 9.47 Å². The van der Waals surface area contributed by atoms with Gasteiger partial charge in [-0.15, -0.1) is 11.3 Å². The number of nitrogens with one attached hydrogen (secondary N) is 1. The molecule has 3 rings (SSSR count). The smallest absolute Gasteiger partial charge is 0.349 e. The fourth-order valence-electron chi connectivity index (χ4n) is 3.17. The fourth-order valence-corrected chi connectivity index (χ4v) is 4.31. The summed E-state index contributed by atoms with van der Waals surface area (Å²) in [5.41, 5.74) is 1.30. The molecule has 1 atom stereocenters. The molecule has 0 aliphatic heterocycles. The van der Waals surface area contributed by atoms with Gasteiger partial charge in [-0.3, -0.25) is 14.9 Å². The molecule has 1 aromatic heterocycles. The number of rotatable bonds is 6. The van der Waals surface area contributed by atoms with Crippen molar-refractivity contribution in [1.29, 1.82) is 0 Å². The van der Waals surface area contributed by atoms with Crippen molar-refractivity contribution in [3.8, 4) is 5.75 Å². The number of hydrogen-bond donors (Lipinski definition) is 1. The number of esters is 1. The number of hydrogen-bond acceptors (Lipinski definition) is 7. The number of thiophene rings is 1. The lowest BCUT2D eigenvalue weighted by Crippen LogP contribution is -2.30. The Morgan fingerprint density at radius 3 is 2.69 bits per heavy atom. The second-order valence-corrected chi connectivity index (χ2v) is 7.93. The van der Waals surface area contributed by atoms with Crippen LogP contribution in [0.4, 0.5) is 11.4 Å². The molecule has 2 aromatic rings. The molecule has 0 bridgehead atoms. The zero-order valence-electron chi connectivity index (χ0n) is 16.2. The molecule has 0 spiro atoms. The van der Waals surface area contributed by atoms with Gasteiger partial charge in [0.25, 0.3) is 11.6 Å². The Kier molecular flexibility index (Phi) is 6.48. The van der Waals surface area contributed by atoms with E-state index in [2.05, 4.69) is 5.32 Å². The summed E-state index contributed by atoms with van der Waals surface area (Å²) in [4.78, 5) is 36.9. The number of methoxy groups -OCH3 is 1. The number of amides is 1. The van der Waals surface area contributed by atoms with Crippen molar-refractivity contribution >= 4 is 34.6 Å². The van der Waals surface area contributed by atoms with Crippen LogP contribution in [0.3, 0.4) is 0 Å². The van der Waals surface area contributed by atoms with E-state index in [1.165, 1.54) is 60.4 Å². The van der Waals surface area contributed by atoms with E-state index in [0.717, 1.165) is 25.7 Å². The largest absolute Gasteiger partial charge is 0.494 e. The first-order valence-corrected chi connectivity index (χ1v) is 10.2. The minimum absolute atomic E-state index is 0.146. The molecule has 0 radical (unpaired) electrons. The average Bonchev–Trinajstić information content (AvgIpc) is 2.98. The number of nitrogens with zero attached hydrogens (tertiary/aromatic N) is 1. The quantitative estimate of drug-likeness (QED) is 0.327. The van der Waals surface area contributed by atoms with Gasteiger partial charge in [0.15, 0.2) is 6.10 Å². The summed E-state index contributed by atoms with van der Waals surface area (Å²) in [6.07, 6.45) is 4.35. The van der Waals surface area contributed by atoms with E-state index in [-0.39, 0.29) is 17.1 Å². The average molecular weight is 418 g/mol. The molecule has 8 nitrogen and oxygen atoms in total. The lowest BCUT2D eigenvalue weighted by molar-refractivity contribution is -0.384. The van der Waals surface area contributed by atoms with Crippen molar-refractivity contribution in [2.45, 2.75) is 45.1 Å². The molecule has 0 saturated heterocycles. The Bertz CT molecular complexity index is 916. The molecule has 0 saturated carbocycles. The van der Waals surface area contributed by atoms with E-state index in [0.29, 0.717) is 4.88 Å².